The highest BCUT2D eigenvalue weighted by Crippen LogP contribution is 2.04. The van der Waals surface area contributed by atoms with Gasteiger partial charge in [-0.3, -0.25) is 0 Å². The van der Waals surface area contributed by atoms with Crippen molar-refractivity contribution in [3.63, 3.8) is 0 Å². The lowest BCUT2D eigenvalue weighted by atomic mass is 10.4. The van der Waals surface area contributed by atoms with Gasteiger partial charge in [-0.1, -0.05) is 40.7 Å². The standard InChI is InChI=1S/C7H9Br/c1-3-5-6-7(8)4-2/h3-6H,1H2,2H3/b6-5-,7-4-. The Morgan fingerprint density at radius 3 is 2.62 bits per heavy atom. The summed E-state index contributed by atoms with van der Waals surface area (Å²) in [5.41, 5.74) is 0. The zero-order valence-corrected chi connectivity index (χ0v) is 6.48. The normalized spacial score (nSPS) is 12.5. The number of allylic oxidation sites excluding steroid dienone is 5. The minimum atomic E-state index is 1.08. The fraction of sp³-hybridized carbons (Fsp3) is 0.143. The van der Waals surface area contributed by atoms with Crippen molar-refractivity contribution < 1.29 is 0 Å². The molecule has 0 spiro atoms. The van der Waals surface area contributed by atoms with Crippen molar-refractivity contribution in [3.8, 4) is 0 Å². The maximum atomic E-state index is 3.53. The molecular weight excluding hydrogens is 164 g/mol. The SMILES string of the molecule is C=C/C=C\C(Br)=C\C. The van der Waals surface area contributed by atoms with Crippen LogP contribution >= 0.6 is 15.9 Å². The van der Waals surface area contributed by atoms with Crippen LogP contribution in [-0.4, -0.2) is 0 Å². The van der Waals surface area contributed by atoms with E-state index in [2.05, 4.69) is 22.5 Å². The average Bonchev–Trinajstić information content (AvgIpc) is 1.83. The van der Waals surface area contributed by atoms with E-state index in [1.807, 2.05) is 25.2 Å². The second-order valence-corrected chi connectivity index (χ2v) is 2.18. The summed E-state index contributed by atoms with van der Waals surface area (Å²) in [6.45, 7) is 5.50. The van der Waals surface area contributed by atoms with Gasteiger partial charge >= 0.3 is 0 Å². The van der Waals surface area contributed by atoms with E-state index in [-0.39, 0.29) is 0 Å². The predicted molar refractivity (Wildman–Crippen MR) is 42.0 cm³/mol. The molecule has 8 heavy (non-hydrogen) atoms. The van der Waals surface area contributed by atoms with E-state index < -0.39 is 0 Å². The summed E-state index contributed by atoms with van der Waals surface area (Å²) in [5, 5.41) is 0. The van der Waals surface area contributed by atoms with Gasteiger partial charge in [0.2, 0.25) is 0 Å². The fourth-order valence-corrected chi connectivity index (χ4v) is 0.409. The summed E-state index contributed by atoms with van der Waals surface area (Å²) >= 11 is 3.30. The van der Waals surface area contributed by atoms with Crippen molar-refractivity contribution in [2.45, 2.75) is 6.92 Å². The molecule has 0 unspecified atom stereocenters. The lowest BCUT2D eigenvalue weighted by Gasteiger charge is -1.79. The topological polar surface area (TPSA) is 0 Å². The summed E-state index contributed by atoms with van der Waals surface area (Å²) in [6.07, 6.45) is 7.53. The third-order valence-corrected chi connectivity index (χ3v) is 1.39. The Hall–Kier alpha value is -0.300. The van der Waals surface area contributed by atoms with Crippen LogP contribution < -0.4 is 0 Å². The first-order valence-corrected chi connectivity index (χ1v) is 3.21. The van der Waals surface area contributed by atoms with Gasteiger partial charge in [0.1, 0.15) is 0 Å². The molecule has 0 heterocycles. The van der Waals surface area contributed by atoms with E-state index in [4.69, 9.17) is 0 Å². The van der Waals surface area contributed by atoms with Crippen LogP contribution in [0.1, 0.15) is 6.92 Å². The number of rotatable bonds is 2. The van der Waals surface area contributed by atoms with Gasteiger partial charge in [-0.05, 0) is 13.0 Å². The van der Waals surface area contributed by atoms with Crippen molar-refractivity contribution >= 4 is 15.9 Å². The van der Waals surface area contributed by atoms with Crippen LogP contribution in [0.4, 0.5) is 0 Å². The van der Waals surface area contributed by atoms with Gasteiger partial charge in [0, 0.05) is 4.48 Å². The van der Waals surface area contributed by atoms with Gasteiger partial charge in [-0.2, -0.15) is 0 Å². The minimum Gasteiger partial charge on any atom is -0.0991 e. The molecule has 0 amide bonds. The van der Waals surface area contributed by atoms with Gasteiger partial charge < -0.3 is 0 Å². The highest BCUT2D eigenvalue weighted by atomic mass is 79.9. The Labute approximate surface area is 58.7 Å². The van der Waals surface area contributed by atoms with Crippen LogP contribution in [0.3, 0.4) is 0 Å². The first-order chi connectivity index (χ1) is 3.81. The summed E-state index contributed by atoms with van der Waals surface area (Å²) < 4.78 is 1.08. The van der Waals surface area contributed by atoms with Gasteiger partial charge in [0.15, 0.2) is 0 Å². The quantitative estimate of drug-likeness (QED) is 0.563. The smallest absolute Gasteiger partial charge is 0.0132 e. The van der Waals surface area contributed by atoms with Crippen molar-refractivity contribution in [2.75, 3.05) is 0 Å². The first kappa shape index (κ1) is 7.70. The summed E-state index contributed by atoms with van der Waals surface area (Å²) in [7, 11) is 0. The fourth-order valence-electron chi connectivity index (χ4n) is 0.256. The third-order valence-electron chi connectivity index (χ3n) is 0.667. The number of hydrogen-bond acceptors (Lipinski definition) is 0. The van der Waals surface area contributed by atoms with E-state index in [1.165, 1.54) is 0 Å². The third kappa shape index (κ3) is 3.88. The highest BCUT2D eigenvalue weighted by Gasteiger charge is 1.73. The van der Waals surface area contributed by atoms with Crippen molar-refractivity contribution in [3.05, 3.63) is 35.4 Å². The van der Waals surface area contributed by atoms with Gasteiger partial charge in [0.05, 0.1) is 0 Å². The Morgan fingerprint density at radius 2 is 2.25 bits per heavy atom. The molecule has 0 radical (unpaired) electrons. The molecule has 0 aliphatic rings. The summed E-state index contributed by atoms with van der Waals surface area (Å²) in [6, 6.07) is 0. The molecule has 0 aromatic heterocycles. The van der Waals surface area contributed by atoms with Crippen molar-refractivity contribution in [1.29, 1.82) is 0 Å². The van der Waals surface area contributed by atoms with Gasteiger partial charge in [0.25, 0.3) is 0 Å². The number of hydrogen-bond donors (Lipinski definition) is 0. The Morgan fingerprint density at radius 1 is 1.62 bits per heavy atom. The molecular formula is C7H9Br. The molecule has 0 fully saturated rings. The summed E-state index contributed by atoms with van der Waals surface area (Å²) in [4.78, 5) is 0. The van der Waals surface area contributed by atoms with E-state index in [1.54, 1.807) is 6.08 Å². The van der Waals surface area contributed by atoms with Crippen molar-refractivity contribution in [2.24, 2.45) is 0 Å². The Bertz CT molecular complexity index is 120. The molecule has 1 heteroatoms. The molecule has 0 aliphatic carbocycles. The monoisotopic (exact) mass is 172 g/mol. The Balaban J connectivity index is 3.69. The van der Waals surface area contributed by atoms with Crippen molar-refractivity contribution in [1.82, 2.24) is 0 Å². The average molecular weight is 173 g/mol. The zero-order valence-electron chi connectivity index (χ0n) is 4.89. The molecule has 0 aromatic carbocycles. The number of halogens is 1. The molecule has 0 bridgehead atoms. The van der Waals surface area contributed by atoms with Crippen LogP contribution in [0.15, 0.2) is 35.4 Å². The lowest BCUT2D eigenvalue weighted by molar-refractivity contribution is 1.71. The van der Waals surface area contributed by atoms with E-state index in [9.17, 15) is 0 Å². The van der Waals surface area contributed by atoms with Gasteiger partial charge in [-0.15, -0.1) is 0 Å². The van der Waals surface area contributed by atoms with Crippen LogP contribution in [0, 0.1) is 0 Å². The second-order valence-electron chi connectivity index (χ2n) is 1.27. The minimum absolute atomic E-state index is 1.08. The molecule has 0 atom stereocenters. The maximum Gasteiger partial charge on any atom is 0.0132 e. The van der Waals surface area contributed by atoms with Crippen LogP contribution in [0.5, 0.6) is 0 Å². The van der Waals surface area contributed by atoms with Gasteiger partial charge in [-0.25, -0.2) is 0 Å². The maximum absolute atomic E-state index is 3.53. The largest absolute Gasteiger partial charge is 0.0991 e. The predicted octanol–water partition coefficient (Wildman–Crippen LogP) is 3.03. The van der Waals surface area contributed by atoms with Crippen LogP contribution in [0.25, 0.3) is 0 Å². The molecule has 0 N–H and O–H groups in total. The van der Waals surface area contributed by atoms with E-state index in [0.717, 1.165) is 4.48 Å². The molecule has 0 saturated heterocycles. The van der Waals surface area contributed by atoms with Crippen LogP contribution in [-0.2, 0) is 0 Å². The molecule has 0 rings (SSSR count). The van der Waals surface area contributed by atoms with Crippen LogP contribution in [0.2, 0.25) is 0 Å². The molecule has 0 nitrogen and oxygen atoms in total. The highest BCUT2D eigenvalue weighted by molar-refractivity contribution is 9.11. The molecule has 0 saturated carbocycles. The Kier molecular flexibility index (Phi) is 4.67. The zero-order chi connectivity index (χ0) is 6.41. The summed E-state index contributed by atoms with van der Waals surface area (Å²) in [5.74, 6) is 0. The van der Waals surface area contributed by atoms with E-state index >= 15 is 0 Å². The molecule has 0 aromatic rings. The molecule has 44 valence electrons. The second kappa shape index (κ2) is 4.85. The molecule has 0 aliphatic heterocycles. The first-order valence-electron chi connectivity index (χ1n) is 2.42. The lowest BCUT2D eigenvalue weighted by Crippen LogP contribution is -1.55. The van der Waals surface area contributed by atoms with E-state index in [0.29, 0.717) is 0 Å².